The average molecular weight is 397 g/mol. The normalized spacial score (nSPS) is 19.3. The predicted octanol–water partition coefficient (Wildman–Crippen LogP) is 4.26. The molecule has 5 nitrogen and oxygen atoms in total. The fourth-order valence-corrected chi connectivity index (χ4v) is 3.31. The SMILES string of the molecule is CC(=O)N[C@H]1CC[C@@H](Nc2ccnc(-c3ccc(OC(F)(F)F)c(F)c3)c2)C1. The number of anilines is 1. The summed E-state index contributed by atoms with van der Waals surface area (Å²) in [6.45, 7) is 1.49. The maximum Gasteiger partial charge on any atom is 0.573 e. The van der Waals surface area contributed by atoms with E-state index in [-0.39, 0.29) is 18.0 Å². The smallest absolute Gasteiger partial charge is 0.403 e. The summed E-state index contributed by atoms with van der Waals surface area (Å²) in [4.78, 5) is 15.3. The quantitative estimate of drug-likeness (QED) is 0.741. The Morgan fingerprint density at radius 2 is 1.93 bits per heavy atom. The maximum absolute atomic E-state index is 13.9. The molecule has 0 radical (unpaired) electrons. The van der Waals surface area contributed by atoms with Crippen molar-refractivity contribution < 1.29 is 27.1 Å². The lowest BCUT2D eigenvalue weighted by Crippen LogP contribution is -2.31. The molecular weight excluding hydrogens is 378 g/mol. The van der Waals surface area contributed by atoms with Crippen molar-refractivity contribution in [2.45, 2.75) is 44.6 Å². The molecular formula is C19H19F4N3O2. The Morgan fingerprint density at radius 1 is 1.18 bits per heavy atom. The Kier molecular flexibility index (Phi) is 5.71. The summed E-state index contributed by atoms with van der Waals surface area (Å²) < 4.78 is 54.3. The second kappa shape index (κ2) is 8.04. The highest BCUT2D eigenvalue weighted by Gasteiger charge is 2.32. The van der Waals surface area contributed by atoms with Crippen molar-refractivity contribution in [2.24, 2.45) is 0 Å². The van der Waals surface area contributed by atoms with Gasteiger partial charge in [0.05, 0.1) is 5.69 Å². The molecule has 1 fully saturated rings. The third kappa shape index (κ3) is 5.34. The molecule has 3 rings (SSSR count). The van der Waals surface area contributed by atoms with Crippen LogP contribution in [0.25, 0.3) is 11.3 Å². The van der Waals surface area contributed by atoms with Gasteiger partial charge in [0.15, 0.2) is 11.6 Å². The van der Waals surface area contributed by atoms with E-state index in [1.807, 2.05) is 0 Å². The van der Waals surface area contributed by atoms with Gasteiger partial charge in [-0.05, 0) is 49.6 Å². The third-order valence-electron chi connectivity index (χ3n) is 4.42. The molecule has 1 aliphatic carbocycles. The van der Waals surface area contributed by atoms with Crippen LogP contribution in [-0.4, -0.2) is 29.3 Å². The highest BCUT2D eigenvalue weighted by molar-refractivity contribution is 5.73. The number of nitrogens with zero attached hydrogens (tertiary/aromatic N) is 1. The number of amides is 1. The molecule has 2 atom stereocenters. The van der Waals surface area contributed by atoms with Crippen LogP contribution in [0.1, 0.15) is 26.2 Å². The summed E-state index contributed by atoms with van der Waals surface area (Å²) in [7, 11) is 0. The molecule has 0 spiro atoms. The zero-order valence-corrected chi connectivity index (χ0v) is 15.0. The predicted molar refractivity (Wildman–Crippen MR) is 95.2 cm³/mol. The van der Waals surface area contributed by atoms with Crippen molar-refractivity contribution in [3.63, 3.8) is 0 Å². The van der Waals surface area contributed by atoms with Gasteiger partial charge in [0, 0.05) is 36.5 Å². The summed E-state index contributed by atoms with van der Waals surface area (Å²) >= 11 is 0. The van der Waals surface area contributed by atoms with Gasteiger partial charge < -0.3 is 15.4 Å². The van der Waals surface area contributed by atoms with Crippen molar-refractivity contribution in [1.82, 2.24) is 10.3 Å². The highest BCUT2D eigenvalue weighted by atomic mass is 19.4. The van der Waals surface area contributed by atoms with Crippen molar-refractivity contribution in [1.29, 1.82) is 0 Å². The van der Waals surface area contributed by atoms with Crippen molar-refractivity contribution in [3.05, 3.63) is 42.3 Å². The topological polar surface area (TPSA) is 63.2 Å². The molecule has 1 aliphatic rings. The lowest BCUT2D eigenvalue weighted by atomic mass is 10.1. The molecule has 0 aliphatic heterocycles. The number of benzene rings is 1. The minimum absolute atomic E-state index is 0.0585. The zero-order chi connectivity index (χ0) is 20.3. The molecule has 9 heteroatoms. The lowest BCUT2D eigenvalue weighted by Gasteiger charge is -2.16. The van der Waals surface area contributed by atoms with Crippen LogP contribution < -0.4 is 15.4 Å². The third-order valence-corrected chi connectivity index (χ3v) is 4.42. The molecule has 150 valence electrons. The Bertz CT molecular complexity index is 857. The summed E-state index contributed by atoms with van der Waals surface area (Å²) in [5, 5.41) is 6.25. The Labute approximate surface area is 159 Å². The van der Waals surface area contributed by atoms with Crippen LogP contribution in [0.5, 0.6) is 5.75 Å². The van der Waals surface area contributed by atoms with Crippen LogP contribution in [0, 0.1) is 5.82 Å². The van der Waals surface area contributed by atoms with Gasteiger partial charge in [-0.15, -0.1) is 13.2 Å². The van der Waals surface area contributed by atoms with E-state index in [4.69, 9.17) is 0 Å². The Balaban J connectivity index is 1.70. The van der Waals surface area contributed by atoms with E-state index < -0.39 is 17.9 Å². The Morgan fingerprint density at radius 3 is 2.61 bits per heavy atom. The van der Waals surface area contributed by atoms with Crippen molar-refractivity contribution in [3.8, 4) is 17.0 Å². The fraction of sp³-hybridized carbons (Fsp3) is 0.368. The number of carbonyl (C=O) groups is 1. The number of carbonyl (C=O) groups excluding carboxylic acids is 1. The molecule has 2 N–H and O–H groups in total. The number of hydrogen-bond acceptors (Lipinski definition) is 4. The lowest BCUT2D eigenvalue weighted by molar-refractivity contribution is -0.275. The number of ether oxygens (including phenoxy) is 1. The summed E-state index contributed by atoms with van der Waals surface area (Å²) in [5.74, 6) is -2.07. The van der Waals surface area contributed by atoms with Crippen LogP contribution >= 0.6 is 0 Å². The summed E-state index contributed by atoms with van der Waals surface area (Å²) in [6.07, 6.45) is -0.867. The second-order valence-corrected chi connectivity index (χ2v) is 6.67. The van der Waals surface area contributed by atoms with Gasteiger partial charge in [0.2, 0.25) is 5.91 Å². The minimum atomic E-state index is -4.96. The molecule has 28 heavy (non-hydrogen) atoms. The number of hydrogen-bond donors (Lipinski definition) is 2. The molecule has 0 saturated heterocycles. The van der Waals surface area contributed by atoms with E-state index in [0.29, 0.717) is 11.3 Å². The van der Waals surface area contributed by atoms with Crippen LogP contribution in [0.2, 0.25) is 0 Å². The number of pyridine rings is 1. The zero-order valence-electron chi connectivity index (χ0n) is 15.0. The Hall–Kier alpha value is -2.84. The van der Waals surface area contributed by atoms with Gasteiger partial charge in [-0.25, -0.2) is 4.39 Å². The van der Waals surface area contributed by atoms with E-state index in [2.05, 4.69) is 20.4 Å². The van der Waals surface area contributed by atoms with Gasteiger partial charge in [0.25, 0.3) is 0 Å². The van der Waals surface area contributed by atoms with Gasteiger partial charge in [-0.2, -0.15) is 0 Å². The van der Waals surface area contributed by atoms with Gasteiger partial charge in [0.1, 0.15) is 0 Å². The maximum atomic E-state index is 13.9. The first-order valence-corrected chi connectivity index (χ1v) is 8.75. The van der Waals surface area contributed by atoms with Gasteiger partial charge in [-0.1, -0.05) is 0 Å². The molecule has 1 heterocycles. The molecule has 1 amide bonds. The van der Waals surface area contributed by atoms with E-state index in [9.17, 15) is 22.4 Å². The number of alkyl halides is 3. The van der Waals surface area contributed by atoms with Crippen LogP contribution in [0.4, 0.5) is 23.2 Å². The van der Waals surface area contributed by atoms with E-state index in [1.54, 1.807) is 12.1 Å². The molecule has 1 saturated carbocycles. The van der Waals surface area contributed by atoms with Crippen molar-refractivity contribution >= 4 is 11.6 Å². The van der Waals surface area contributed by atoms with E-state index in [0.717, 1.165) is 37.1 Å². The average Bonchev–Trinajstić information content (AvgIpc) is 3.02. The first-order chi connectivity index (χ1) is 13.2. The van der Waals surface area contributed by atoms with Gasteiger partial charge >= 0.3 is 6.36 Å². The number of aromatic nitrogens is 1. The molecule has 0 unspecified atom stereocenters. The first-order valence-electron chi connectivity index (χ1n) is 8.75. The molecule has 2 aromatic rings. The molecule has 1 aromatic heterocycles. The van der Waals surface area contributed by atoms with Crippen LogP contribution in [0.15, 0.2) is 36.5 Å². The highest BCUT2D eigenvalue weighted by Crippen LogP contribution is 2.30. The van der Waals surface area contributed by atoms with Crippen LogP contribution in [-0.2, 0) is 4.79 Å². The van der Waals surface area contributed by atoms with Crippen molar-refractivity contribution in [2.75, 3.05) is 5.32 Å². The monoisotopic (exact) mass is 397 g/mol. The molecule has 1 aromatic carbocycles. The minimum Gasteiger partial charge on any atom is -0.403 e. The largest absolute Gasteiger partial charge is 0.573 e. The number of halogens is 4. The second-order valence-electron chi connectivity index (χ2n) is 6.67. The van der Waals surface area contributed by atoms with E-state index in [1.165, 1.54) is 19.2 Å². The molecule has 0 bridgehead atoms. The first kappa shape index (κ1) is 19.9. The fourth-order valence-electron chi connectivity index (χ4n) is 3.31. The summed E-state index contributed by atoms with van der Waals surface area (Å²) in [6, 6.07) is 6.96. The van der Waals surface area contributed by atoms with Gasteiger partial charge in [-0.3, -0.25) is 9.78 Å². The number of nitrogens with one attached hydrogen (secondary N) is 2. The standard InChI is InChI=1S/C19H19F4N3O2/c1-11(27)25-13-3-4-14(9-13)26-15-6-7-24-17(10-15)12-2-5-18(16(20)8-12)28-19(21,22)23/h2,5-8,10,13-14H,3-4,9H2,1H3,(H,24,26)(H,25,27)/t13-,14+/m0/s1. The summed E-state index contributed by atoms with van der Waals surface area (Å²) in [5.41, 5.74) is 1.51. The number of rotatable bonds is 5. The van der Waals surface area contributed by atoms with E-state index >= 15 is 0 Å². The van der Waals surface area contributed by atoms with Crippen LogP contribution in [0.3, 0.4) is 0 Å².